The van der Waals surface area contributed by atoms with Crippen molar-refractivity contribution in [2.75, 3.05) is 11.9 Å². The molecule has 0 heterocycles. The monoisotopic (exact) mass is 444 g/mol. The fraction of sp³-hybridized carbons (Fsp3) is 0.115. The Bertz CT molecular complexity index is 1180. The Morgan fingerprint density at radius 2 is 1.78 bits per heavy atom. The summed E-state index contributed by atoms with van der Waals surface area (Å²) in [7, 11) is 0. The van der Waals surface area contributed by atoms with Crippen molar-refractivity contribution in [2.45, 2.75) is 13.3 Å². The molecule has 0 radical (unpaired) electrons. The molecule has 0 spiro atoms. The Labute approximate surface area is 191 Å². The lowest BCUT2D eigenvalue weighted by molar-refractivity contribution is -0.112. The van der Waals surface area contributed by atoms with Gasteiger partial charge in [0.2, 0.25) is 0 Å². The molecule has 3 aromatic carbocycles. The number of hydrogen-bond acceptors (Lipinski definition) is 4. The molecule has 32 heavy (non-hydrogen) atoms. The number of carbonyl (C=O) groups excluding carboxylic acids is 2. The molecule has 0 unspecified atom stereocenters. The molecule has 0 bridgehead atoms. The van der Waals surface area contributed by atoms with Crippen LogP contribution in [0.1, 0.15) is 34.8 Å². The van der Waals surface area contributed by atoms with Crippen molar-refractivity contribution >= 4 is 35.1 Å². The van der Waals surface area contributed by atoms with Crippen LogP contribution in [0.3, 0.4) is 0 Å². The normalized spacial score (nSPS) is 10.8. The SMILES string of the molecule is CCCOc1ccc(/C=C(\C#N)C(=O)Nc2ccc(Cl)cc2C(=O)c2ccccc2)cc1. The molecule has 6 heteroatoms. The molecule has 0 atom stereocenters. The van der Waals surface area contributed by atoms with Crippen molar-refractivity contribution in [1.82, 2.24) is 0 Å². The average molecular weight is 445 g/mol. The first-order valence-corrected chi connectivity index (χ1v) is 10.4. The summed E-state index contributed by atoms with van der Waals surface area (Å²) in [5.74, 6) is -0.186. The molecule has 0 saturated heterocycles. The van der Waals surface area contributed by atoms with Gasteiger partial charge in [0.1, 0.15) is 17.4 Å². The van der Waals surface area contributed by atoms with Gasteiger partial charge in [0.15, 0.2) is 5.78 Å². The maximum Gasteiger partial charge on any atom is 0.266 e. The minimum atomic E-state index is -0.622. The van der Waals surface area contributed by atoms with Crippen LogP contribution in [0.2, 0.25) is 5.02 Å². The lowest BCUT2D eigenvalue weighted by Crippen LogP contribution is -2.16. The summed E-state index contributed by atoms with van der Waals surface area (Å²) >= 11 is 6.09. The number of anilines is 1. The van der Waals surface area contributed by atoms with E-state index in [1.165, 1.54) is 12.1 Å². The third kappa shape index (κ3) is 5.84. The van der Waals surface area contributed by atoms with E-state index in [4.69, 9.17) is 16.3 Å². The molecule has 3 rings (SSSR count). The number of nitriles is 1. The van der Waals surface area contributed by atoms with E-state index in [1.54, 1.807) is 60.7 Å². The summed E-state index contributed by atoms with van der Waals surface area (Å²) in [4.78, 5) is 25.7. The predicted molar refractivity (Wildman–Crippen MR) is 126 cm³/mol. The molecule has 3 aromatic rings. The lowest BCUT2D eigenvalue weighted by atomic mass is 10.0. The zero-order valence-electron chi connectivity index (χ0n) is 17.5. The van der Waals surface area contributed by atoms with Crippen LogP contribution in [0, 0.1) is 11.3 Å². The highest BCUT2D eigenvalue weighted by Crippen LogP contribution is 2.24. The van der Waals surface area contributed by atoms with Gasteiger partial charge in [-0.1, -0.05) is 61.0 Å². The van der Waals surface area contributed by atoms with Gasteiger partial charge in [-0.05, 0) is 48.4 Å². The topological polar surface area (TPSA) is 79.2 Å². The number of nitrogens with one attached hydrogen (secondary N) is 1. The summed E-state index contributed by atoms with van der Waals surface area (Å²) in [5.41, 5.74) is 1.56. The molecule has 1 amide bonds. The quantitative estimate of drug-likeness (QED) is 0.266. The zero-order chi connectivity index (χ0) is 22.9. The van der Waals surface area contributed by atoms with E-state index < -0.39 is 5.91 Å². The molecule has 0 aromatic heterocycles. The van der Waals surface area contributed by atoms with Crippen molar-refractivity contribution < 1.29 is 14.3 Å². The van der Waals surface area contributed by atoms with Gasteiger partial charge in [-0.3, -0.25) is 9.59 Å². The minimum absolute atomic E-state index is 0.0970. The number of benzene rings is 3. The highest BCUT2D eigenvalue weighted by molar-refractivity contribution is 6.31. The molecule has 0 aliphatic rings. The van der Waals surface area contributed by atoms with E-state index in [-0.39, 0.29) is 22.6 Å². The molecule has 1 N–H and O–H groups in total. The fourth-order valence-electron chi connectivity index (χ4n) is 2.94. The molecular formula is C26H21ClN2O3. The fourth-order valence-corrected chi connectivity index (χ4v) is 3.12. The van der Waals surface area contributed by atoms with Crippen LogP contribution in [0.4, 0.5) is 5.69 Å². The summed E-state index contributed by atoms with van der Waals surface area (Å²) in [6.45, 7) is 2.64. The average Bonchev–Trinajstić information content (AvgIpc) is 2.83. The first kappa shape index (κ1) is 22.8. The van der Waals surface area contributed by atoms with E-state index in [0.29, 0.717) is 22.8 Å². The minimum Gasteiger partial charge on any atom is -0.494 e. The highest BCUT2D eigenvalue weighted by atomic mass is 35.5. The Morgan fingerprint density at radius 1 is 1.06 bits per heavy atom. The number of carbonyl (C=O) groups is 2. The molecule has 0 aliphatic heterocycles. The van der Waals surface area contributed by atoms with E-state index in [1.807, 2.05) is 19.1 Å². The lowest BCUT2D eigenvalue weighted by Gasteiger charge is -2.11. The smallest absolute Gasteiger partial charge is 0.266 e. The van der Waals surface area contributed by atoms with Crippen LogP contribution in [0.15, 0.2) is 78.4 Å². The number of rotatable bonds is 8. The van der Waals surface area contributed by atoms with Gasteiger partial charge in [-0.2, -0.15) is 5.26 Å². The molecule has 0 saturated carbocycles. The van der Waals surface area contributed by atoms with Crippen molar-refractivity contribution in [3.05, 3.63) is 100 Å². The van der Waals surface area contributed by atoms with Gasteiger partial charge < -0.3 is 10.1 Å². The Morgan fingerprint density at radius 3 is 2.44 bits per heavy atom. The van der Waals surface area contributed by atoms with Crippen LogP contribution in [-0.4, -0.2) is 18.3 Å². The van der Waals surface area contributed by atoms with Gasteiger partial charge in [0.25, 0.3) is 5.91 Å². The number of hydrogen-bond donors (Lipinski definition) is 1. The molecule has 160 valence electrons. The second-order valence-electron chi connectivity index (χ2n) is 6.93. The van der Waals surface area contributed by atoms with E-state index in [0.717, 1.165) is 12.2 Å². The predicted octanol–water partition coefficient (Wildman–Crippen LogP) is 5.91. The van der Waals surface area contributed by atoms with Crippen LogP contribution in [0.5, 0.6) is 5.75 Å². The van der Waals surface area contributed by atoms with Crippen LogP contribution < -0.4 is 10.1 Å². The first-order chi connectivity index (χ1) is 15.5. The van der Waals surface area contributed by atoms with Crippen molar-refractivity contribution in [1.29, 1.82) is 5.26 Å². The van der Waals surface area contributed by atoms with Crippen LogP contribution in [-0.2, 0) is 4.79 Å². The van der Waals surface area contributed by atoms with Gasteiger partial charge in [-0.25, -0.2) is 0 Å². The molecule has 5 nitrogen and oxygen atoms in total. The number of ketones is 1. The number of nitrogens with zero attached hydrogens (tertiary/aromatic N) is 1. The zero-order valence-corrected chi connectivity index (χ0v) is 18.2. The van der Waals surface area contributed by atoms with Crippen molar-refractivity contribution in [2.24, 2.45) is 0 Å². The number of amides is 1. The maximum absolute atomic E-state index is 12.9. The standard InChI is InChI=1S/C26H21ClN2O3/c1-2-14-32-22-11-8-18(9-12-22)15-20(17-28)26(31)29-24-13-10-21(27)16-23(24)25(30)19-6-4-3-5-7-19/h3-13,15-16H,2,14H2,1H3,(H,29,31)/b20-15+. The summed E-state index contributed by atoms with van der Waals surface area (Å²) in [5, 5.41) is 12.5. The summed E-state index contributed by atoms with van der Waals surface area (Å²) in [6, 6.07) is 22.3. The second-order valence-corrected chi connectivity index (χ2v) is 7.36. The first-order valence-electron chi connectivity index (χ1n) is 10.1. The Hall–Kier alpha value is -3.88. The van der Waals surface area contributed by atoms with Gasteiger partial charge in [0.05, 0.1) is 12.3 Å². The molecule has 0 aliphatic carbocycles. The van der Waals surface area contributed by atoms with Crippen molar-refractivity contribution in [3.63, 3.8) is 0 Å². The van der Waals surface area contributed by atoms with E-state index >= 15 is 0 Å². The van der Waals surface area contributed by atoms with Crippen LogP contribution >= 0.6 is 11.6 Å². The van der Waals surface area contributed by atoms with Gasteiger partial charge in [-0.15, -0.1) is 0 Å². The number of halogens is 1. The molecule has 0 fully saturated rings. The second kappa shape index (κ2) is 10.9. The summed E-state index contributed by atoms with van der Waals surface area (Å²) in [6.07, 6.45) is 2.38. The third-order valence-corrected chi connectivity index (χ3v) is 4.77. The third-order valence-electron chi connectivity index (χ3n) is 4.54. The van der Waals surface area contributed by atoms with E-state index in [2.05, 4.69) is 5.32 Å². The Kier molecular flexibility index (Phi) is 7.80. The Balaban J connectivity index is 1.83. The molecular weight excluding hydrogens is 424 g/mol. The van der Waals surface area contributed by atoms with Crippen LogP contribution in [0.25, 0.3) is 6.08 Å². The number of ether oxygens (including phenoxy) is 1. The van der Waals surface area contributed by atoms with Gasteiger partial charge in [0, 0.05) is 16.1 Å². The highest BCUT2D eigenvalue weighted by Gasteiger charge is 2.18. The van der Waals surface area contributed by atoms with E-state index in [9.17, 15) is 14.9 Å². The summed E-state index contributed by atoms with van der Waals surface area (Å²) < 4.78 is 5.54. The van der Waals surface area contributed by atoms with Crippen molar-refractivity contribution in [3.8, 4) is 11.8 Å². The van der Waals surface area contributed by atoms with Gasteiger partial charge >= 0.3 is 0 Å². The maximum atomic E-state index is 12.9. The largest absolute Gasteiger partial charge is 0.494 e.